The minimum atomic E-state index is -1.56. The molecule has 4 rings (SSSR count). The third-order valence-electron chi connectivity index (χ3n) is 11.6. The van der Waals surface area contributed by atoms with E-state index in [1.807, 2.05) is 4.90 Å². The number of hydrogen-bond donors (Lipinski definition) is 4. The Bertz CT molecular complexity index is 1070. The summed E-state index contributed by atoms with van der Waals surface area (Å²) >= 11 is 0. The van der Waals surface area contributed by atoms with E-state index < -0.39 is 36.0 Å². The lowest BCUT2D eigenvalue weighted by molar-refractivity contribution is -0.140. The van der Waals surface area contributed by atoms with Crippen LogP contribution in [0, 0.1) is 17.3 Å². The van der Waals surface area contributed by atoms with Gasteiger partial charge in [0.1, 0.15) is 17.8 Å². The number of rotatable bonds is 11. The molecule has 0 aromatic rings. The fourth-order valence-electron chi connectivity index (χ4n) is 8.60. The number of hydrogen-bond acceptors (Lipinski definition) is 8. The van der Waals surface area contributed by atoms with Crippen LogP contribution in [0.3, 0.4) is 0 Å². The van der Waals surface area contributed by atoms with Crippen molar-refractivity contribution in [1.29, 1.82) is 0 Å². The van der Waals surface area contributed by atoms with E-state index in [1.165, 1.54) is 0 Å². The van der Waals surface area contributed by atoms with Crippen LogP contribution in [-0.2, 0) is 9.59 Å². The molecular weight excluding hydrogens is 602 g/mol. The monoisotopic (exact) mass is 667 g/mol. The second-order valence-corrected chi connectivity index (χ2v) is 15.5. The first-order chi connectivity index (χ1) is 22.3. The number of alkyl halides is 2. The fraction of sp³-hybridized carbons (Fsp3) is 0.914. The van der Waals surface area contributed by atoms with Crippen molar-refractivity contribution in [1.82, 2.24) is 25.3 Å². The molecule has 3 fully saturated rings. The summed E-state index contributed by atoms with van der Waals surface area (Å²) in [6.07, 6.45) is 4.72. The summed E-state index contributed by atoms with van der Waals surface area (Å²) < 4.78 is 31.9. The lowest BCUT2D eigenvalue weighted by atomic mass is 9.73. The van der Waals surface area contributed by atoms with E-state index in [1.54, 1.807) is 0 Å². The van der Waals surface area contributed by atoms with Gasteiger partial charge in [0.25, 0.3) is 0 Å². The summed E-state index contributed by atoms with van der Waals surface area (Å²) in [6.45, 7) is 12.6. The number of amides is 2. The number of aliphatic imine (C=N–C) groups is 1. The Morgan fingerprint density at radius 2 is 1.83 bits per heavy atom. The van der Waals surface area contributed by atoms with Crippen molar-refractivity contribution in [2.75, 3.05) is 59.4 Å². The van der Waals surface area contributed by atoms with Gasteiger partial charge in [0.05, 0.1) is 24.8 Å². The summed E-state index contributed by atoms with van der Waals surface area (Å²) in [6, 6.07) is -0.765. The molecule has 4 heterocycles. The average molecular weight is 667 g/mol. The van der Waals surface area contributed by atoms with Crippen molar-refractivity contribution in [2.45, 2.75) is 128 Å². The lowest BCUT2D eigenvalue weighted by Gasteiger charge is -2.51. The Balaban J connectivity index is 1.52. The maximum atomic E-state index is 17.1. The first-order valence-corrected chi connectivity index (χ1v) is 18.4. The number of unbranched alkanes of at least 4 members (excludes halogenated alkanes) is 1. The topological polar surface area (TPSA) is 132 Å². The van der Waals surface area contributed by atoms with Crippen molar-refractivity contribution < 1.29 is 18.4 Å². The molecule has 0 bridgehead atoms. The summed E-state index contributed by atoms with van der Waals surface area (Å²) in [4.78, 5) is 38.7. The minimum Gasteiger partial charge on any atom is -0.350 e. The second kappa shape index (κ2) is 16.8. The quantitative estimate of drug-likeness (QED) is 0.250. The number of carbonyl (C=O) groups is 2. The van der Waals surface area contributed by atoms with Crippen LogP contribution in [-0.4, -0.2) is 128 Å². The van der Waals surface area contributed by atoms with Gasteiger partial charge >= 0.3 is 0 Å². The molecule has 0 aliphatic carbocycles. The fourth-order valence-corrected chi connectivity index (χ4v) is 8.60. The molecule has 12 heteroatoms. The smallest absolute Gasteiger partial charge is 0.232 e. The molecule has 0 aromatic heterocycles. The van der Waals surface area contributed by atoms with Crippen molar-refractivity contribution in [3.05, 3.63) is 0 Å². The molecule has 0 spiro atoms. The number of piperidine rings is 2. The van der Waals surface area contributed by atoms with Crippen molar-refractivity contribution in [3.63, 3.8) is 0 Å². The van der Waals surface area contributed by atoms with E-state index in [9.17, 15) is 14.0 Å². The van der Waals surface area contributed by atoms with E-state index in [4.69, 9.17) is 11.5 Å². The predicted octanol–water partition coefficient (Wildman–Crippen LogP) is 2.85. The molecule has 5 unspecified atom stereocenters. The Labute approximate surface area is 282 Å². The van der Waals surface area contributed by atoms with Gasteiger partial charge in [-0.25, -0.2) is 8.78 Å². The number of nitrogens with one attached hydrogen (secondary N) is 2. The van der Waals surface area contributed by atoms with Crippen LogP contribution in [0.2, 0.25) is 0 Å². The first-order valence-electron chi connectivity index (χ1n) is 18.4. The maximum Gasteiger partial charge on any atom is 0.232 e. The highest BCUT2D eigenvalue weighted by atomic mass is 19.1. The summed E-state index contributed by atoms with van der Waals surface area (Å²) in [7, 11) is 2.10. The molecular formula is C35H64F2N8O2. The van der Waals surface area contributed by atoms with E-state index >= 15 is 4.39 Å². The van der Waals surface area contributed by atoms with Crippen LogP contribution in [0.4, 0.5) is 8.78 Å². The van der Waals surface area contributed by atoms with Crippen molar-refractivity contribution >= 4 is 17.5 Å². The summed E-state index contributed by atoms with van der Waals surface area (Å²) in [5.74, 6) is -1.17. The Kier molecular flexibility index (Phi) is 13.6. The number of carbonyl (C=O) groups excluding carboxylic acids is 2. The van der Waals surface area contributed by atoms with Gasteiger partial charge in [0.2, 0.25) is 11.8 Å². The molecule has 0 radical (unpaired) electrons. The minimum absolute atomic E-state index is 0.00698. The molecule has 270 valence electrons. The lowest BCUT2D eigenvalue weighted by Crippen LogP contribution is -2.71. The number of piperazine rings is 1. The van der Waals surface area contributed by atoms with Gasteiger partial charge in [-0.2, -0.15) is 0 Å². The molecule has 6 N–H and O–H groups in total. The van der Waals surface area contributed by atoms with Gasteiger partial charge in [-0.05, 0) is 77.4 Å². The molecule has 7 atom stereocenters. The van der Waals surface area contributed by atoms with Gasteiger partial charge in [-0.15, -0.1) is 0 Å². The molecule has 0 saturated carbocycles. The van der Waals surface area contributed by atoms with Crippen LogP contribution < -0.4 is 22.1 Å². The highest BCUT2D eigenvalue weighted by Gasteiger charge is 2.51. The maximum absolute atomic E-state index is 17.1. The highest BCUT2D eigenvalue weighted by Crippen LogP contribution is 2.38. The Hall–Kier alpha value is -1.73. The van der Waals surface area contributed by atoms with Crippen molar-refractivity contribution in [3.8, 4) is 0 Å². The molecule has 10 nitrogen and oxygen atoms in total. The second-order valence-electron chi connectivity index (χ2n) is 15.5. The SMILES string of the molecule is CCCCC1(F)CNCC(NC(=O)C(C2=NCC(F)CCC(C)(CCC)C2)C(N)N)[C@@H]1N1CCC(C(=O)N2CCN(C)[C@@H](C)C2)CC1. The van der Waals surface area contributed by atoms with Crippen LogP contribution in [0.1, 0.15) is 91.9 Å². The molecule has 4 aliphatic rings. The summed E-state index contributed by atoms with van der Waals surface area (Å²) in [5, 5.41) is 6.44. The zero-order valence-electron chi connectivity index (χ0n) is 29.8. The Morgan fingerprint density at radius 3 is 2.47 bits per heavy atom. The predicted molar refractivity (Wildman–Crippen MR) is 185 cm³/mol. The zero-order chi connectivity index (χ0) is 34.4. The van der Waals surface area contributed by atoms with Gasteiger partial charge in [-0.1, -0.05) is 40.0 Å². The Morgan fingerprint density at radius 1 is 1.11 bits per heavy atom. The molecule has 0 aromatic carbocycles. The van der Waals surface area contributed by atoms with Gasteiger partial charge in [0.15, 0.2) is 0 Å². The third-order valence-corrected chi connectivity index (χ3v) is 11.6. The standard InChI is InChI=1S/C35H64F2N8O2/c1-6-8-13-35(37)23-40-21-28(30(35)44-15-10-25(11-16-44)33(47)45-18-17-43(5)24(3)22-45)42-32(46)29(31(38)39)27-19-34(4,12-7-2)14-9-26(36)20-41-27/h24-26,28-31,40H,6-23,38-39H2,1-5H3,(H,42,46)/t24-,26?,28?,29?,30-,34?,35?/m0/s1. The molecule has 47 heavy (non-hydrogen) atoms. The van der Waals surface area contributed by atoms with E-state index in [2.05, 4.69) is 60.2 Å². The number of nitrogens with two attached hydrogens (primary N) is 2. The third kappa shape index (κ3) is 9.50. The highest BCUT2D eigenvalue weighted by molar-refractivity contribution is 6.05. The number of nitrogens with zero attached hydrogens (tertiary/aromatic N) is 4. The van der Waals surface area contributed by atoms with Crippen LogP contribution >= 0.6 is 0 Å². The van der Waals surface area contributed by atoms with Gasteiger partial charge < -0.3 is 31.9 Å². The summed E-state index contributed by atoms with van der Waals surface area (Å²) in [5.41, 5.74) is 11.3. The van der Waals surface area contributed by atoms with Gasteiger partial charge in [0, 0.05) is 50.4 Å². The van der Waals surface area contributed by atoms with Crippen LogP contribution in [0.15, 0.2) is 4.99 Å². The van der Waals surface area contributed by atoms with Crippen LogP contribution in [0.5, 0.6) is 0 Å². The number of likely N-dealkylation sites (N-methyl/N-ethyl adjacent to an activating group) is 1. The van der Waals surface area contributed by atoms with E-state index in [0.29, 0.717) is 69.9 Å². The average Bonchev–Trinajstić information content (AvgIpc) is 3.02. The molecule has 2 amide bonds. The van der Waals surface area contributed by atoms with Crippen LogP contribution in [0.25, 0.3) is 0 Å². The van der Waals surface area contributed by atoms with E-state index in [0.717, 1.165) is 45.3 Å². The first kappa shape index (κ1) is 38.1. The molecule has 4 aliphatic heterocycles. The van der Waals surface area contributed by atoms with Crippen molar-refractivity contribution in [2.24, 2.45) is 33.7 Å². The van der Waals surface area contributed by atoms with Gasteiger partial charge in [-0.3, -0.25) is 19.5 Å². The molecule has 3 saturated heterocycles. The number of likely N-dealkylation sites (tertiary alicyclic amines) is 1. The largest absolute Gasteiger partial charge is 0.350 e. The van der Waals surface area contributed by atoms with E-state index in [-0.39, 0.29) is 36.2 Å². The normalized spacial score (nSPS) is 34.4. The zero-order valence-corrected chi connectivity index (χ0v) is 29.8. The number of halogens is 2.